The molecule has 1 aromatic rings. The van der Waals surface area contributed by atoms with Gasteiger partial charge in [-0.05, 0) is 60.8 Å². The van der Waals surface area contributed by atoms with Crippen molar-refractivity contribution in [3.63, 3.8) is 0 Å². The minimum Gasteiger partial charge on any atom is -0.488 e. The van der Waals surface area contributed by atoms with Crippen LogP contribution in [0.5, 0.6) is 5.75 Å². The predicted molar refractivity (Wildman–Crippen MR) is 99.3 cm³/mol. The zero-order valence-electron chi connectivity index (χ0n) is 16.9. The van der Waals surface area contributed by atoms with E-state index in [2.05, 4.69) is 15.9 Å². The molecule has 1 aromatic carbocycles. The van der Waals surface area contributed by atoms with Gasteiger partial charge in [0, 0.05) is 18.7 Å². The minimum absolute atomic E-state index is 0.0461. The number of hydrogen-bond donors (Lipinski definition) is 0. The summed E-state index contributed by atoms with van der Waals surface area (Å²) in [5.74, 6) is -0.193. The summed E-state index contributed by atoms with van der Waals surface area (Å²) < 4.78 is 33.4. The molecular weight excluding hydrogens is 402 g/mol. The molecule has 7 heteroatoms. The van der Waals surface area contributed by atoms with Crippen LogP contribution in [0.3, 0.4) is 0 Å². The molecule has 0 saturated carbocycles. The highest BCUT2D eigenvalue weighted by atomic mass is 79.9. The molecule has 0 saturated heterocycles. The maximum absolute atomic E-state index is 12.2. The van der Waals surface area contributed by atoms with Crippen LogP contribution in [0.4, 0.5) is 4.79 Å². The number of nitrogens with zero attached hydrogens (tertiary/aromatic N) is 1. The monoisotopic (exact) mass is 425 g/mol. The largest absolute Gasteiger partial charge is 0.488 e. The van der Waals surface area contributed by atoms with E-state index in [-0.39, 0.29) is 18.9 Å². The van der Waals surface area contributed by atoms with Gasteiger partial charge in [0.25, 0.3) is 0 Å². The molecule has 1 amide bonds. The van der Waals surface area contributed by atoms with Crippen molar-refractivity contribution >= 4 is 28.0 Å². The summed E-state index contributed by atoms with van der Waals surface area (Å²) in [6, 6.07) is 3.26. The summed E-state index contributed by atoms with van der Waals surface area (Å²) >= 11 is 3.36. The second-order valence-corrected chi connectivity index (χ2v) is 7.94. The first-order valence-electron chi connectivity index (χ1n) is 9.33. The van der Waals surface area contributed by atoms with E-state index >= 15 is 0 Å². The molecule has 26 heavy (non-hydrogen) atoms. The molecule has 2 heterocycles. The molecule has 6 nitrogen and oxygen atoms in total. The van der Waals surface area contributed by atoms with E-state index in [0.717, 1.165) is 0 Å². The van der Waals surface area contributed by atoms with Crippen LogP contribution in [-0.2, 0) is 16.1 Å². The molecule has 0 unspecified atom stereocenters. The highest BCUT2D eigenvalue weighted by molar-refractivity contribution is 9.10. The smallest absolute Gasteiger partial charge is 0.410 e. The van der Waals surface area contributed by atoms with Crippen LogP contribution in [0.25, 0.3) is 0 Å². The summed E-state index contributed by atoms with van der Waals surface area (Å²) in [4.78, 5) is 25.4. The van der Waals surface area contributed by atoms with E-state index in [1.54, 1.807) is 39.0 Å². The van der Waals surface area contributed by atoms with Crippen molar-refractivity contribution in [1.82, 2.24) is 4.90 Å². The van der Waals surface area contributed by atoms with Gasteiger partial charge in [0.1, 0.15) is 24.5 Å². The third-order valence-electron chi connectivity index (χ3n) is 3.92. The Labute approximate surface area is 164 Å². The lowest BCUT2D eigenvalue weighted by atomic mass is 10.1. The fourth-order valence-electron chi connectivity index (χ4n) is 2.63. The van der Waals surface area contributed by atoms with E-state index in [9.17, 15) is 9.59 Å². The fraction of sp³-hybridized carbons (Fsp3) is 0.474. The lowest BCUT2D eigenvalue weighted by Crippen LogP contribution is -2.39. The third kappa shape index (κ3) is 4.20. The van der Waals surface area contributed by atoms with Crippen LogP contribution in [0, 0.1) is 0 Å². The van der Waals surface area contributed by atoms with Gasteiger partial charge in [-0.1, -0.05) is 6.08 Å². The molecule has 0 aromatic heterocycles. The van der Waals surface area contributed by atoms with Crippen LogP contribution in [0.15, 0.2) is 28.3 Å². The quantitative estimate of drug-likeness (QED) is 0.539. The number of benzene rings is 1. The summed E-state index contributed by atoms with van der Waals surface area (Å²) in [6.07, 6.45) is 1.53. The Morgan fingerprint density at radius 2 is 2.19 bits per heavy atom. The van der Waals surface area contributed by atoms with E-state index in [4.69, 9.17) is 17.0 Å². The normalized spacial score (nSPS) is 18.4. The van der Waals surface area contributed by atoms with Gasteiger partial charge in [-0.2, -0.15) is 0 Å². The third-order valence-corrected chi connectivity index (χ3v) is 4.55. The van der Waals surface area contributed by atoms with Gasteiger partial charge in [-0.15, -0.1) is 0 Å². The molecule has 2 aliphatic heterocycles. The molecule has 0 radical (unpaired) electrons. The zero-order valence-corrected chi connectivity index (χ0v) is 16.5. The van der Waals surface area contributed by atoms with Gasteiger partial charge < -0.3 is 19.1 Å². The molecular formula is C19H22BrNO5. The van der Waals surface area contributed by atoms with Crippen LogP contribution < -0.4 is 4.74 Å². The van der Waals surface area contributed by atoms with Crippen molar-refractivity contribution in [1.29, 1.82) is 0 Å². The van der Waals surface area contributed by atoms with Gasteiger partial charge in [0.05, 0.1) is 12.8 Å². The first kappa shape index (κ1) is 16.2. The average molecular weight is 426 g/mol. The maximum atomic E-state index is 12.2. The topological polar surface area (TPSA) is 65.1 Å². The van der Waals surface area contributed by atoms with Gasteiger partial charge in [0.15, 0.2) is 0 Å². The SMILES string of the molecule is [2H]C([2H])(Oc1c(Br)ccc2c1COC2=O)C1=CCN(C(=O)OC(C)(C)C)CC1. The molecule has 2 aliphatic rings. The van der Waals surface area contributed by atoms with E-state index in [0.29, 0.717) is 34.1 Å². The first-order chi connectivity index (χ1) is 13.0. The van der Waals surface area contributed by atoms with Crippen LogP contribution in [0.2, 0.25) is 0 Å². The number of cyclic esters (lactones) is 1. The number of ether oxygens (including phenoxy) is 3. The number of fused-ring (bicyclic) bond motifs is 1. The Hall–Kier alpha value is -2.02. The summed E-state index contributed by atoms with van der Waals surface area (Å²) in [6.45, 7) is 3.92. The number of halogens is 1. The van der Waals surface area contributed by atoms with E-state index in [1.807, 2.05) is 0 Å². The lowest BCUT2D eigenvalue weighted by Gasteiger charge is -2.29. The Kier molecular flexibility index (Phi) is 4.55. The molecule has 0 atom stereocenters. The second-order valence-electron chi connectivity index (χ2n) is 7.09. The van der Waals surface area contributed by atoms with Crippen molar-refractivity contribution < 1.29 is 26.5 Å². The Morgan fingerprint density at radius 1 is 1.42 bits per heavy atom. The van der Waals surface area contributed by atoms with Crippen molar-refractivity contribution in [2.75, 3.05) is 19.6 Å². The summed E-state index contributed by atoms with van der Waals surface area (Å²) in [5, 5.41) is 0. The highest BCUT2D eigenvalue weighted by Gasteiger charge is 2.27. The van der Waals surface area contributed by atoms with E-state index < -0.39 is 24.2 Å². The molecule has 0 N–H and O–H groups in total. The number of rotatable bonds is 3. The van der Waals surface area contributed by atoms with Gasteiger partial charge >= 0.3 is 12.1 Å². The molecule has 3 rings (SSSR count). The number of esters is 1. The standard InChI is InChI=1S/C19H22BrNO5/c1-19(2,3)26-18(23)21-8-6-12(7-9-21)10-24-16-14-11-25-17(22)13(14)4-5-15(16)20/h4-6H,7-11H2,1-3H3/i10D2. The average Bonchev–Trinajstić information content (AvgIpc) is 2.97. The van der Waals surface area contributed by atoms with Crippen molar-refractivity contribution in [2.45, 2.75) is 39.4 Å². The molecule has 0 bridgehead atoms. The van der Waals surface area contributed by atoms with Crippen molar-refractivity contribution in [3.05, 3.63) is 39.4 Å². The molecule has 140 valence electrons. The van der Waals surface area contributed by atoms with Crippen LogP contribution >= 0.6 is 15.9 Å². The first-order valence-corrected chi connectivity index (χ1v) is 9.12. The van der Waals surface area contributed by atoms with Gasteiger partial charge in [0.2, 0.25) is 0 Å². The highest BCUT2D eigenvalue weighted by Crippen LogP contribution is 2.36. The number of hydrogen-bond acceptors (Lipinski definition) is 5. The molecule has 0 fully saturated rings. The zero-order chi connectivity index (χ0) is 20.7. The maximum Gasteiger partial charge on any atom is 0.410 e. The summed E-state index contributed by atoms with van der Waals surface area (Å²) in [7, 11) is 0. The minimum atomic E-state index is -2.09. The lowest BCUT2D eigenvalue weighted by molar-refractivity contribution is 0.0263. The van der Waals surface area contributed by atoms with Gasteiger partial charge in [-0.25, -0.2) is 9.59 Å². The molecule has 0 spiro atoms. The fourth-order valence-corrected chi connectivity index (χ4v) is 3.08. The Balaban J connectivity index is 1.75. The van der Waals surface area contributed by atoms with Crippen molar-refractivity contribution in [3.8, 4) is 5.75 Å². The number of carbonyl (C=O) groups excluding carboxylic acids is 2. The van der Waals surface area contributed by atoms with Crippen molar-refractivity contribution in [2.24, 2.45) is 0 Å². The Bertz CT molecular complexity index is 847. The number of amides is 1. The summed E-state index contributed by atoms with van der Waals surface area (Å²) in [5.41, 5.74) is 0.748. The van der Waals surface area contributed by atoms with Crippen LogP contribution in [0.1, 0.15) is 45.9 Å². The van der Waals surface area contributed by atoms with Gasteiger partial charge in [-0.3, -0.25) is 0 Å². The van der Waals surface area contributed by atoms with Crippen LogP contribution in [-0.4, -0.2) is 42.2 Å². The predicted octanol–water partition coefficient (Wildman–Crippen LogP) is 4.07. The van der Waals surface area contributed by atoms with E-state index in [1.165, 1.54) is 4.90 Å². The second kappa shape index (κ2) is 7.31. The molecule has 0 aliphatic carbocycles. The Morgan fingerprint density at radius 3 is 2.85 bits per heavy atom. The number of carbonyl (C=O) groups is 2.